The van der Waals surface area contributed by atoms with Gasteiger partial charge in [-0.3, -0.25) is 4.68 Å². The van der Waals surface area contributed by atoms with Crippen molar-refractivity contribution in [3.8, 4) is 11.1 Å². The number of aromatic nitrogens is 2. The summed E-state index contributed by atoms with van der Waals surface area (Å²) < 4.78 is 2.16. The lowest BCUT2D eigenvalue weighted by atomic mass is 10.0. The summed E-state index contributed by atoms with van der Waals surface area (Å²) in [5, 5.41) is 4.67. The topological polar surface area (TPSA) is 43.8 Å². The van der Waals surface area contributed by atoms with Gasteiger partial charge in [0, 0.05) is 23.5 Å². The van der Waals surface area contributed by atoms with Crippen LogP contribution in [0.5, 0.6) is 0 Å². The van der Waals surface area contributed by atoms with E-state index < -0.39 is 0 Å². The molecule has 1 saturated carbocycles. The minimum atomic E-state index is 0.807. The van der Waals surface area contributed by atoms with E-state index in [1.165, 1.54) is 29.7 Å². The average molecular weight is 241 g/mol. The number of rotatable bonds is 3. The minimum Gasteiger partial charge on any atom is -0.399 e. The number of hydrogen-bond donors (Lipinski definition) is 1. The Kier molecular flexibility index (Phi) is 2.62. The van der Waals surface area contributed by atoms with E-state index in [0.29, 0.717) is 0 Å². The summed E-state index contributed by atoms with van der Waals surface area (Å²) in [5.74, 6) is 0.844. The van der Waals surface area contributed by atoms with Crippen molar-refractivity contribution in [2.45, 2.75) is 33.2 Å². The van der Waals surface area contributed by atoms with Crippen molar-refractivity contribution in [2.75, 3.05) is 5.73 Å². The fraction of sp³-hybridized carbons (Fsp3) is 0.400. The molecule has 0 spiro atoms. The summed E-state index contributed by atoms with van der Waals surface area (Å²) in [4.78, 5) is 0. The summed E-state index contributed by atoms with van der Waals surface area (Å²) in [6, 6.07) is 8.05. The number of anilines is 1. The lowest BCUT2D eigenvalue weighted by molar-refractivity contribution is 0.547. The number of benzene rings is 1. The molecule has 0 unspecified atom stereocenters. The highest BCUT2D eigenvalue weighted by atomic mass is 15.3. The zero-order valence-corrected chi connectivity index (χ0v) is 11.0. The Hall–Kier alpha value is -1.77. The lowest BCUT2D eigenvalue weighted by Gasteiger charge is -2.05. The number of hydrogen-bond acceptors (Lipinski definition) is 2. The van der Waals surface area contributed by atoms with Gasteiger partial charge in [0.1, 0.15) is 0 Å². The molecule has 3 heteroatoms. The van der Waals surface area contributed by atoms with Crippen molar-refractivity contribution in [1.82, 2.24) is 9.78 Å². The first-order valence-electron chi connectivity index (χ1n) is 6.55. The van der Waals surface area contributed by atoms with Crippen LogP contribution < -0.4 is 5.73 Å². The van der Waals surface area contributed by atoms with Crippen LogP contribution in [0.4, 0.5) is 5.69 Å². The number of nitrogens with zero attached hydrogens (tertiary/aromatic N) is 2. The van der Waals surface area contributed by atoms with Crippen LogP contribution >= 0.6 is 0 Å². The molecule has 1 aromatic heterocycles. The summed E-state index contributed by atoms with van der Waals surface area (Å²) in [6.07, 6.45) is 2.71. The third-order valence-corrected chi connectivity index (χ3v) is 3.68. The maximum atomic E-state index is 5.87. The van der Waals surface area contributed by atoms with Crippen molar-refractivity contribution in [1.29, 1.82) is 0 Å². The van der Waals surface area contributed by atoms with Gasteiger partial charge in [-0.15, -0.1) is 0 Å². The van der Waals surface area contributed by atoms with E-state index in [1.54, 1.807) is 0 Å². The molecule has 0 radical (unpaired) electrons. The van der Waals surface area contributed by atoms with Crippen LogP contribution in [0.3, 0.4) is 0 Å². The molecular weight excluding hydrogens is 222 g/mol. The van der Waals surface area contributed by atoms with Crippen LogP contribution in [0, 0.1) is 19.8 Å². The monoisotopic (exact) mass is 241 g/mol. The van der Waals surface area contributed by atoms with Crippen molar-refractivity contribution < 1.29 is 0 Å². The maximum absolute atomic E-state index is 5.87. The molecule has 3 rings (SSSR count). The molecule has 2 N–H and O–H groups in total. The molecule has 1 aliphatic carbocycles. The molecule has 2 aromatic rings. The molecule has 18 heavy (non-hydrogen) atoms. The van der Waals surface area contributed by atoms with Crippen molar-refractivity contribution in [3.63, 3.8) is 0 Å². The second-order valence-corrected chi connectivity index (χ2v) is 5.30. The molecule has 1 heterocycles. The Balaban J connectivity index is 2.02. The lowest BCUT2D eigenvalue weighted by Crippen LogP contribution is -2.04. The minimum absolute atomic E-state index is 0.807. The molecular formula is C15H19N3. The Bertz CT molecular complexity index is 579. The largest absolute Gasteiger partial charge is 0.399 e. The molecule has 0 saturated heterocycles. The van der Waals surface area contributed by atoms with E-state index in [1.807, 2.05) is 18.2 Å². The maximum Gasteiger partial charge on any atom is 0.0674 e. The smallest absolute Gasteiger partial charge is 0.0674 e. The number of nitrogen functional groups attached to an aromatic ring is 1. The molecule has 0 bridgehead atoms. The third-order valence-electron chi connectivity index (χ3n) is 3.68. The summed E-state index contributed by atoms with van der Waals surface area (Å²) in [5.41, 5.74) is 11.4. The molecule has 3 nitrogen and oxygen atoms in total. The van der Waals surface area contributed by atoms with Gasteiger partial charge in [-0.05, 0) is 50.3 Å². The van der Waals surface area contributed by atoms with Gasteiger partial charge in [-0.1, -0.05) is 12.1 Å². The third kappa shape index (κ3) is 2.01. The molecule has 0 aliphatic heterocycles. The van der Waals surface area contributed by atoms with Gasteiger partial charge in [0.15, 0.2) is 0 Å². The summed E-state index contributed by atoms with van der Waals surface area (Å²) >= 11 is 0. The van der Waals surface area contributed by atoms with Gasteiger partial charge in [0.2, 0.25) is 0 Å². The Labute approximate surface area is 108 Å². The van der Waals surface area contributed by atoms with Crippen molar-refractivity contribution in [3.05, 3.63) is 35.7 Å². The SMILES string of the molecule is Cc1nn(CC2CC2)c(C)c1-c1cccc(N)c1. The van der Waals surface area contributed by atoms with E-state index in [-0.39, 0.29) is 0 Å². The average Bonchev–Trinajstić information content (AvgIpc) is 3.07. The molecule has 0 amide bonds. The molecule has 1 aliphatic rings. The van der Waals surface area contributed by atoms with E-state index in [2.05, 4.69) is 29.7 Å². The van der Waals surface area contributed by atoms with Crippen molar-refractivity contribution in [2.24, 2.45) is 5.92 Å². The second kappa shape index (κ2) is 4.16. The normalized spacial score (nSPS) is 15.0. The van der Waals surface area contributed by atoms with Crippen LogP contribution in [0.1, 0.15) is 24.2 Å². The predicted molar refractivity (Wildman–Crippen MR) is 74.3 cm³/mol. The van der Waals surface area contributed by atoms with Gasteiger partial charge in [-0.25, -0.2) is 0 Å². The Morgan fingerprint density at radius 1 is 1.33 bits per heavy atom. The highest BCUT2D eigenvalue weighted by Crippen LogP contribution is 2.33. The molecule has 1 aromatic carbocycles. The van der Waals surface area contributed by atoms with E-state index in [4.69, 9.17) is 5.73 Å². The van der Waals surface area contributed by atoms with Crippen LogP contribution in [0.25, 0.3) is 11.1 Å². The summed E-state index contributed by atoms with van der Waals surface area (Å²) in [7, 11) is 0. The van der Waals surface area contributed by atoms with Gasteiger partial charge in [0.05, 0.1) is 5.69 Å². The first kappa shape index (κ1) is 11.3. The first-order valence-corrected chi connectivity index (χ1v) is 6.55. The van der Waals surface area contributed by atoms with E-state index >= 15 is 0 Å². The molecule has 0 atom stereocenters. The van der Waals surface area contributed by atoms with E-state index in [0.717, 1.165) is 23.8 Å². The van der Waals surface area contributed by atoms with Crippen LogP contribution in [-0.2, 0) is 6.54 Å². The fourth-order valence-corrected chi connectivity index (χ4v) is 2.53. The number of aryl methyl sites for hydroxylation is 1. The zero-order valence-electron chi connectivity index (χ0n) is 11.0. The fourth-order valence-electron chi connectivity index (χ4n) is 2.53. The Morgan fingerprint density at radius 2 is 2.11 bits per heavy atom. The molecule has 1 fully saturated rings. The van der Waals surface area contributed by atoms with E-state index in [9.17, 15) is 0 Å². The second-order valence-electron chi connectivity index (χ2n) is 5.30. The molecule has 94 valence electrons. The van der Waals surface area contributed by atoms with Crippen molar-refractivity contribution >= 4 is 5.69 Å². The van der Waals surface area contributed by atoms with Crippen LogP contribution in [0.2, 0.25) is 0 Å². The van der Waals surface area contributed by atoms with Gasteiger partial charge < -0.3 is 5.73 Å². The number of nitrogens with two attached hydrogens (primary N) is 1. The van der Waals surface area contributed by atoms with Crippen LogP contribution in [0.15, 0.2) is 24.3 Å². The highest BCUT2D eigenvalue weighted by molar-refractivity contribution is 5.71. The first-order chi connectivity index (χ1) is 8.65. The van der Waals surface area contributed by atoms with Crippen LogP contribution in [-0.4, -0.2) is 9.78 Å². The predicted octanol–water partition coefficient (Wildman–Crippen LogP) is 3.16. The summed E-state index contributed by atoms with van der Waals surface area (Å²) in [6.45, 7) is 5.30. The standard InChI is InChI=1S/C15H19N3/c1-10-15(13-4-3-5-14(16)8-13)11(2)18(17-10)9-12-6-7-12/h3-5,8,12H,6-7,9,16H2,1-2H3. The quantitative estimate of drug-likeness (QED) is 0.839. The van der Waals surface area contributed by atoms with Gasteiger partial charge in [0.25, 0.3) is 0 Å². The Morgan fingerprint density at radius 3 is 2.78 bits per heavy atom. The van der Waals surface area contributed by atoms with Gasteiger partial charge >= 0.3 is 0 Å². The zero-order chi connectivity index (χ0) is 12.7. The highest BCUT2D eigenvalue weighted by Gasteiger charge is 2.24. The van der Waals surface area contributed by atoms with Gasteiger partial charge in [-0.2, -0.15) is 5.10 Å².